The van der Waals surface area contributed by atoms with E-state index in [2.05, 4.69) is 57.3 Å². The standard InChI is InChI=1S/C16H21NS/c1-10-6-7-14(8-11(10)2)16(17-5)15-9-12(3)13(4)18-15/h6-9,16-17H,1-5H3. The van der Waals surface area contributed by atoms with E-state index >= 15 is 0 Å². The second-order valence-electron chi connectivity index (χ2n) is 4.95. The van der Waals surface area contributed by atoms with E-state index in [-0.39, 0.29) is 0 Å². The highest BCUT2D eigenvalue weighted by Crippen LogP contribution is 2.31. The van der Waals surface area contributed by atoms with E-state index in [9.17, 15) is 0 Å². The van der Waals surface area contributed by atoms with Crippen LogP contribution in [0.15, 0.2) is 24.3 Å². The van der Waals surface area contributed by atoms with Crippen LogP contribution in [0.2, 0.25) is 0 Å². The normalized spacial score (nSPS) is 12.7. The van der Waals surface area contributed by atoms with Crippen molar-refractivity contribution in [3.05, 3.63) is 56.3 Å². The second kappa shape index (κ2) is 5.25. The molecule has 0 aliphatic rings. The predicted molar refractivity (Wildman–Crippen MR) is 80.6 cm³/mol. The third-order valence-corrected chi connectivity index (χ3v) is 4.84. The number of hydrogen-bond donors (Lipinski definition) is 1. The summed E-state index contributed by atoms with van der Waals surface area (Å²) in [6, 6.07) is 9.34. The fourth-order valence-electron chi connectivity index (χ4n) is 2.16. The van der Waals surface area contributed by atoms with Gasteiger partial charge in [0.1, 0.15) is 0 Å². The summed E-state index contributed by atoms with van der Waals surface area (Å²) in [5.74, 6) is 0. The van der Waals surface area contributed by atoms with Crippen LogP contribution in [-0.4, -0.2) is 7.05 Å². The van der Waals surface area contributed by atoms with Crippen molar-refractivity contribution in [2.75, 3.05) is 7.05 Å². The first kappa shape index (κ1) is 13.3. The van der Waals surface area contributed by atoms with Gasteiger partial charge in [0.15, 0.2) is 0 Å². The topological polar surface area (TPSA) is 12.0 Å². The van der Waals surface area contributed by atoms with Gasteiger partial charge in [-0.25, -0.2) is 0 Å². The molecule has 0 radical (unpaired) electrons. The summed E-state index contributed by atoms with van der Waals surface area (Å²) < 4.78 is 0. The van der Waals surface area contributed by atoms with Crippen molar-refractivity contribution < 1.29 is 0 Å². The Bertz CT molecular complexity index is 535. The molecule has 0 saturated carbocycles. The van der Waals surface area contributed by atoms with Crippen LogP contribution in [0.5, 0.6) is 0 Å². The van der Waals surface area contributed by atoms with Gasteiger partial charge in [0.25, 0.3) is 0 Å². The molecule has 0 bridgehead atoms. The highest BCUT2D eigenvalue weighted by atomic mass is 32.1. The summed E-state index contributed by atoms with van der Waals surface area (Å²) >= 11 is 1.89. The van der Waals surface area contributed by atoms with E-state index in [0.29, 0.717) is 6.04 Å². The number of benzene rings is 1. The predicted octanol–water partition coefficient (Wildman–Crippen LogP) is 4.29. The van der Waals surface area contributed by atoms with Crippen molar-refractivity contribution in [2.45, 2.75) is 33.7 Å². The van der Waals surface area contributed by atoms with Gasteiger partial charge in [0, 0.05) is 9.75 Å². The lowest BCUT2D eigenvalue weighted by Crippen LogP contribution is -2.16. The van der Waals surface area contributed by atoms with Crippen LogP contribution < -0.4 is 5.32 Å². The molecule has 1 unspecified atom stereocenters. The summed E-state index contributed by atoms with van der Waals surface area (Å²) in [5.41, 5.74) is 5.45. The zero-order valence-corrected chi connectivity index (χ0v) is 12.6. The van der Waals surface area contributed by atoms with Gasteiger partial charge in [0.2, 0.25) is 0 Å². The zero-order chi connectivity index (χ0) is 13.3. The Morgan fingerprint density at radius 3 is 2.17 bits per heavy atom. The van der Waals surface area contributed by atoms with Crippen molar-refractivity contribution in [1.82, 2.24) is 5.32 Å². The Morgan fingerprint density at radius 1 is 0.944 bits per heavy atom. The third-order valence-electron chi connectivity index (χ3n) is 3.62. The first-order chi connectivity index (χ1) is 8.52. The van der Waals surface area contributed by atoms with Crippen LogP contribution in [0.1, 0.15) is 38.0 Å². The SMILES string of the molecule is CNC(c1ccc(C)c(C)c1)c1cc(C)c(C)s1. The average Bonchev–Trinajstić information content (AvgIpc) is 2.65. The maximum Gasteiger partial charge on any atom is 0.0668 e. The van der Waals surface area contributed by atoms with Crippen molar-refractivity contribution in [2.24, 2.45) is 0 Å². The molecule has 0 aliphatic heterocycles. The molecule has 0 saturated heterocycles. The maximum absolute atomic E-state index is 3.43. The number of aryl methyl sites for hydroxylation is 4. The lowest BCUT2D eigenvalue weighted by molar-refractivity contribution is 0.702. The van der Waals surface area contributed by atoms with E-state index in [0.717, 1.165) is 0 Å². The molecule has 1 nitrogen and oxygen atoms in total. The molecule has 1 aromatic carbocycles. The van der Waals surface area contributed by atoms with Gasteiger partial charge in [-0.05, 0) is 63.1 Å². The van der Waals surface area contributed by atoms with Crippen LogP contribution in [0.4, 0.5) is 0 Å². The lowest BCUT2D eigenvalue weighted by atomic mass is 10.00. The van der Waals surface area contributed by atoms with Gasteiger partial charge < -0.3 is 5.32 Å². The fraction of sp³-hybridized carbons (Fsp3) is 0.375. The van der Waals surface area contributed by atoms with E-state index < -0.39 is 0 Å². The van der Waals surface area contributed by atoms with Crippen molar-refractivity contribution in [3.63, 3.8) is 0 Å². The number of hydrogen-bond acceptors (Lipinski definition) is 2. The minimum Gasteiger partial charge on any atom is -0.309 e. The molecule has 18 heavy (non-hydrogen) atoms. The van der Waals surface area contributed by atoms with Crippen LogP contribution >= 0.6 is 11.3 Å². The van der Waals surface area contributed by atoms with Gasteiger partial charge >= 0.3 is 0 Å². The molecule has 1 atom stereocenters. The number of rotatable bonds is 3. The van der Waals surface area contributed by atoms with Gasteiger partial charge in [-0.1, -0.05) is 18.2 Å². The molecule has 1 N–H and O–H groups in total. The molecule has 0 spiro atoms. The molecule has 2 rings (SSSR count). The van der Waals surface area contributed by atoms with Gasteiger partial charge in [-0.2, -0.15) is 0 Å². The molecular formula is C16H21NS. The lowest BCUT2D eigenvalue weighted by Gasteiger charge is -2.16. The minimum atomic E-state index is 0.307. The second-order valence-corrected chi connectivity index (χ2v) is 6.24. The molecule has 2 aromatic rings. The van der Waals surface area contributed by atoms with E-state index in [4.69, 9.17) is 0 Å². The summed E-state index contributed by atoms with van der Waals surface area (Å²) in [4.78, 5) is 2.81. The van der Waals surface area contributed by atoms with Crippen LogP contribution in [-0.2, 0) is 0 Å². The molecule has 1 heterocycles. The molecule has 0 aliphatic carbocycles. The summed E-state index contributed by atoms with van der Waals surface area (Å²) in [6.07, 6.45) is 0. The van der Waals surface area contributed by atoms with Gasteiger partial charge in [0.05, 0.1) is 6.04 Å². The monoisotopic (exact) mass is 259 g/mol. The third kappa shape index (κ3) is 2.50. The van der Waals surface area contributed by atoms with Gasteiger partial charge in [-0.3, -0.25) is 0 Å². The first-order valence-corrected chi connectivity index (χ1v) is 7.16. The van der Waals surface area contributed by atoms with E-state index in [1.165, 1.54) is 32.0 Å². The quantitative estimate of drug-likeness (QED) is 0.867. The number of nitrogens with one attached hydrogen (secondary N) is 1. The van der Waals surface area contributed by atoms with E-state index in [1.54, 1.807) is 0 Å². The van der Waals surface area contributed by atoms with Crippen LogP contribution in [0.3, 0.4) is 0 Å². The van der Waals surface area contributed by atoms with Crippen molar-refractivity contribution >= 4 is 11.3 Å². The summed E-state index contributed by atoms with van der Waals surface area (Å²) in [5, 5.41) is 3.43. The van der Waals surface area contributed by atoms with E-state index in [1.807, 2.05) is 18.4 Å². The molecule has 1 aromatic heterocycles. The Labute approximate surface area is 114 Å². The minimum absolute atomic E-state index is 0.307. The van der Waals surface area contributed by atoms with Crippen LogP contribution in [0, 0.1) is 27.7 Å². The average molecular weight is 259 g/mol. The Hall–Kier alpha value is -1.12. The van der Waals surface area contributed by atoms with Gasteiger partial charge in [-0.15, -0.1) is 11.3 Å². The Balaban J connectivity index is 2.41. The van der Waals surface area contributed by atoms with Crippen molar-refractivity contribution in [1.29, 1.82) is 0 Å². The summed E-state index contributed by atoms with van der Waals surface area (Å²) in [7, 11) is 2.03. The number of thiophene rings is 1. The molecule has 0 fully saturated rings. The molecule has 96 valence electrons. The maximum atomic E-state index is 3.43. The molecule has 0 amide bonds. The Kier molecular flexibility index (Phi) is 3.88. The molecule has 2 heteroatoms. The van der Waals surface area contributed by atoms with Crippen LogP contribution in [0.25, 0.3) is 0 Å². The largest absolute Gasteiger partial charge is 0.309 e. The smallest absolute Gasteiger partial charge is 0.0668 e. The zero-order valence-electron chi connectivity index (χ0n) is 11.8. The highest BCUT2D eigenvalue weighted by Gasteiger charge is 2.15. The Morgan fingerprint density at radius 2 is 1.67 bits per heavy atom. The summed E-state index contributed by atoms with van der Waals surface area (Å²) in [6.45, 7) is 8.71. The molecular weight excluding hydrogens is 238 g/mol. The first-order valence-electron chi connectivity index (χ1n) is 6.34. The fourth-order valence-corrected chi connectivity index (χ4v) is 3.34. The van der Waals surface area contributed by atoms with Crippen molar-refractivity contribution in [3.8, 4) is 0 Å². The highest BCUT2D eigenvalue weighted by molar-refractivity contribution is 7.12.